The molecule has 0 atom stereocenters. The van der Waals surface area contributed by atoms with Gasteiger partial charge in [0.15, 0.2) is 0 Å². The fourth-order valence-corrected chi connectivity index (χ4v) is 6.86. The summed E-state index contributed by atoms with van der Waals surface area (Å²) in [5, 5.41) is 19.0. The van der Waals surface area contributed by atoms with Crippen molar-refractivity contribution >= 4 is 24.1 Å². The second kappa shape index (κ2) is 14.0. The topological polar surface area (TPSA) is 155 Å². The van der Waals surface area contributed by atoms with Crippen LogP contribution >= 0.6 is 0 Å². The minimum absolute atomic E-state index is 0. The molecule has 5 N–H and O–H groups in total. The van der Waals surface area contributed by atoms with Crippen LogP contribution in [0.4, 0.5) is 0 Å². The molecule has 0 saturated carbocycles. The van der Waals surface area contributed by atoms with Crippen LogP contribution in [0.1, 0.15) is 103 Å². The number of carbonyl (C=O) groups is 2. The molecular weight excluding hydrogens is 612 g/mol. The number of rotatable bonds is 8. The Hall–Kier alpha value is -3.98. The van der Waals surface area contributed by atoms with Gasteiger partial charge in [-0.1, -0.05) is 42.0 Å². The molecule has 0 aromatic carbocycles. The van der Waals surface area contributed by atoms with Crippen molar-refractivity contribution in [3.8, 4) is 0 Å². The van der Waals surface area contributed by atoms with Crippen LogP contribution in [0.2, 0.25) is 0 Å². The van der Waals surface area contributed by atoms with Gasteiger partial charge in [0.05, 0.1) is 0 Å². The minimum Gasteiger partial charge on any atom is -0.664 e. The van der Waals surface area contributed by atoms with Crippen LogP contribution in [0.25, 0.3) is 12.2 Å². The average Bonchev–Trinajstić information content (AvgIpc) is 3.59. The molecule has 8 bridgehead atoms. The van der Waals surface area contributed by atoms with E-state index in [0.29, 0.717) is 38.5 Å². The van der Waals surface area contributed by atoms with Crippen LogP contribution in [0.5, 0.6) is 0 Å². The van der Waals surface area contributed by atoms with Gasteiger partial charge in [0.25, 0.3) is 0 Å². The number of H-pyrrole nitrogens is 1. The van der Waals surface area contributed by atoms with E-state index in [2.05, 4.69) is 43.6 Å². The molecule has 4 aromatic rings. The van der Waals surface area contributed by atoms with E-state index in [1.165, 1.54) is 0 Å². The van der Waals surface area contributed by atoms with Gasteiger partial charge in [0.2, 0.25) is 0 Å². The van der Waals surface area contributed by atoms with Crippen molar-refractivity contribution in [2.75, 3.05) is 0 Å². The van der Waals surface area contributed by atoms with Gasteiger partial charge in [-0.15, -0.1) is 5.69 Å². The second-order valence-corrected chi connectivity index (χ2v) is 11.7. The molecule has 5 heterocycles. The van der Waals surface area contributed by atoms with E-state index in [4.69, 9.17) is 9.97 Å². The van der Waals surface area contributed by atoms with Gasteiger partial charge in [0.1, 0.15) is 0 Å². The van der Waals surface area contributed by atoms with Crippen LogP contribution in [-0.4, -0.2) is 37.2 Å². The van der Waals surface area contributed by atoms with Crippen molar-refractivity contribution in [3.63, 3.8) is 0 Å². The van der Waals surface area contributed by atoms with Gasteiger partial charge in [-0.2, -0.15) is 17.1 Å². The number of hydrogen-bond donors (Lipinski definition) is 3. The summed E-state index contributed by atoms with van der Waals surface area (Å²) in [7, 11) is 2.09. The molecular formula is C35H42FeN4O5. The van der Waals surface area contributed by atoms with E-state index in [1.54, 1.807) is 0 Å². The SMILES string of the molecule is C=Cc1c2[n-]c(c1C)Cc1c(C=C)c(C)c(n1C)Cc1[n-]c(c(CCC(=O)O)c1C)Cc1[nH]c(c(C)c1CCC(=O)O)C2.O.[Fe+2]. The fraction of sp³-hybridized carbons (Fsp3) is 0.371. The standard InChI is InChI=1S/C35H40N4O4.Fe.H2O/c1-8-22-18(3)28-17-33-23(9-2)21(6)32(39(33)7)16-27-20(5)25(11-13-35(42)43)31(38-27)15-30-24(10-12-34(40)41)19(4)26(36-30)14-29(22)37-28;;/h8-9,36H,1-2,10-17H2,3-7H3,(H,40,41)(H,42,43);;1H2/q-2;+2;. The number of nitrogens with zero attached hydrogens (tertiary/aromatic N) is 3. The zero-order chi connectivity index (χ0) is 31.2. The van der Waals surface area contributed by atoms with Crippen molar-refractivity contribution in [3.05, 3.63) is 103 Å². The number of fused-ring (bicyclic) bond motifs is 8. The molecule has 1 aliphatic heterocycles. The number of hydrogen-bond acceptors (Lipinski definition) is 2. The van der Waals surface area contributed by atoms with E-state index >= 15 is 0 Å². The maximum atomic E-state index is 11.6. The molecule has 0 radical (unpaired) electrons. The molecule has 240 valence electrons. The molecule has 4 aromatic heterocycles. The Kier molecular flexibility index (Phi) is 11.0. The zero-order valence-corrected chi connectivity index (χ0v) is 27.7. The van der Waals surface area contributed by atoms with Crippen molar-refractivity contribution in [1.29, 1.82) is 0 Å². The molecule has 0 unspecified atom stereocenters. The Morgan fingerprint density at radius 1 is 0.733 bits per heavy atom. The van der Waals surface area contributed by atoms with Crippen molar-refractivity contribution in [2.24, 2.45) is 7.05 Å². The van der Waals surface area contributed by atoms with E-state index in [-0.39, 0.29) is 35.4 Å². The molecule has 5 rings (SSSR count). The summed E-state index contributed by atoms with van der Waals surface area (Å²) in [6.07, 6.45) is 6.89. The van der Waals surface area contributed by atoms with Crippen LogP contribution in [-0.2, 0) is 72.2 Å². The Balaban J connectivity index is 0.00000276. The maximum Gasteiger partial charge on any atom is 2.00 e. The number of aliphatic carboxylic acids is 2. The first kappa shape index (κ1) is 35.5. The van der Waals surface area contributed by atoms with Crippen molar-refractivity contribution in [1.82, 2.24) is 19.5 Å². The summed E-state index contributed by atoms with van der Waals surface area (Å²) < 4.78 is 2.24. The smallest absolute Gasteiger partial charge is 0.664 e. The van der Waals surface area contributed by atoms with Crippen LogP contribution in [0.3, 0.4) is 0 Å². The van der Waals surface area contributed by atoms with Gasteiger partial charge in [-0.05, 0) is 94.0 Å². The molecule has 0 fully saturated rings. The monoisotopic (exact) mass is 654 g/mol. The normalized spacial score (nSPS) is 12.3. The number of carboxylic acid groups (broad SMARTS) is 2. The molecule has 9 nitrogen and oxygen atoms in total. The summed E-state index contributed by atoms with van der Waals surface area (Å²) in [4.78, 5) is 37.1. The van der Waals surface area contributed by atoms with E-state index < -0.39 is 11.9 Å². The molecule has 10 heteroatoms. The van der Waals surface area contributed by atoms with Gasteiger partial charge >= 0.3 is 29.0 Å². The third kappa shape index (κ3) is 6.54. The molecule has 0 spiro atoms. The Morgan fingerprint density at radius 3 is 1.87 bits per heavy atom. The first-order valence-electron chi connectivity index (χ1n) is 14.8. The summed E-state index contributed by atoms with van der Waals surface area (Å²) in [5.74, 6) is -1.69. The largest absolute Gasteiger partial charge is 2.00 e. The van der Waals surface area contributed by atoms with Crippen LogP contribution in [0, 0.1) is 27.7 Å². The third-order valence-corrected chi connectivity index (χ3v) is 9.39. The minimum atomic E-state index is -0.847. The molecule has 0 saturated heterocycles. The molecule has 0 aliphatic carbocycles. The molecule has 0 amide bonds. The van der Waals surface area contributed by atoms with Gasteiger partial charge in [-0.25, -0.2) is 0 Å². The predicted octanol–water partition coefficient (Wildman–Crippen LogP) is 4.67. The second-order valence-electron chi connectivity index (χ2n) is 11.7. The van der Waals surface area contributed by atoms with E-state index in [0.717, 1.165) is 90.1 Å². The number of aromatic nitrogens is 4. The third-order valence-electron chi connectivity index (χ3n) is 9.39. The zero-order valence-electron chi connectivity index (χ0n) is 26.6. The maximum absolute atomic E-state index is 11.6. The Morgan fingerprint density at radius 2 is 1.27 bits per heavy atom. The average molecular weight is 655 g/mol. The fourth-order valence-electron chi connectivity index (χ4n) is 6.86. The van der Waals surface area contributed by atoms with E-state index in [1.807, 2.05) is 26.0 Å². The summed E-state index contributed by atoms with van der Waals surface area (Å²) in [5.41, 5.74) is 16.3. The van der Waals surface area contributed by atoms with Gasteiger partial charge < -0.3 is 35.2 Å². The predicted molar refractivity (Wildman–Crippen MR) is 172 cm³/mol. The summed E-state index contributed by atoms with van der Waals surface area (Å²) in [6.45, 7) is 16.5. The van der Waals surface area contributed by atoms with Gasteiger partial charge in [0, 0.05) is 42.7 Å². The van der Waals surface area contributed by atoms with Gasteiger partial charge in [-0.3, -0.25) is 9.59 Å². The first-order chi connectivity index (χ1) is 20.4. The Labute approximate surface area is 274 Å². The molecule has 1 aliphatic rings. The Bertz CT molecular complexity index is 1780. The number of carboxylic acids is 2. The quantitative estimate of drug-likeness (QED) is 0.207. The number of aromatic amines is 1. The summed E-state index contributed by atoms with van der Waals surface area (Å²) in [6, 6.07) is 0. The molecule has 45 heavy (non-hydrogen) atoms. The van der Waals surface area contributed by atoms with Crippen LogP contribution < -0.4 is 9.97 Å². The van der Waals surface area contributed by atoms with Crippen molar-refractivity contribution < 1.29 is 42.3 Å². The van der Waals surface area contributed by atoms with Crippen LogP contribution in [0.15, 0.2) is 13.2 Å². The summed E-state index contributed by atoms with van der Waals surface area (Å²) >= 11 is 0. The first-order valence-corrected chi connectivity index (χ1v) is 14.8. The van der Waals surface area contributed by atoms with E-state index in [9.17, 15) is 19.8 Å². The number of nitrogens with one attached hydrogen (secondary N) is 1. The van der Waals surface area contributed by atoms with Crippen molar-refractivity contribution in [2.45, 2.75) is 79.1 Å².